The van der Waals surface area contributed by atoms with E-state index >= 15 is 0 Å². The predicted molar refractivity (Wildman–Crippen MR) is 128 cm³/mol. The third-order valence-corrected chi connectivity index (χ3v) is 6.24. The number of nitrogens with zero attached hydrogens (tertiary/aromatic N) is 1. The molecule has 4 rings (SSSR count). The number of hydrogen-bond donors (Lipinski definition) is 0. The van der Waals surface area contributed by atoms with Crippen LogP contribution in [0.15, 0.2) is 53.2 Å². The molecule has 1 aliphatic heterocycles. The summed E-state index contributed by atoms with van der Waals surface area (Å²) in [6.45, 7) is 8.01. The van der Waals surface area contributed by atoms with E-state index in [0.29, 0.717) is 17.6 Å². The predicted octanol–water partition coefficient (Wildman–Crippen LogP) is 6.02. The van der Waals surface area contributed by atoms with Gasteiger partial charge in [0.15, 0.2) is 0 Å². The highest BCUT2D eigenvalue weighted by molar-refractivity contribution is 6.00. The van der Waals surface area contributed by atoms with Crippen molar-refractivity contribution in [1.82, 2.24) is 4.90 Å². The van der Waals surface area contributed by atoms with Crippen LogP contribution in [0.1, 0.15) is 32.8 Å². The number of fused-ring (bicyclic) bond motifs is 1. The number of carbonyl (C=O) groups is 1. The number of allylic oxidation sites excluding steroid dienone is 1. The lowest BCUT2D eigenvalue weighted by atomic mass is 9.91. The van der Waals surface area contributed by atoms with E-state index in [1.165, 1.54) is 6.42 Å². The van der Waals surface area contributed by atoms with Gasteiger partial charge in [-0.05, 0) is 54.5 Å². The number of amides is 1. The van der Waals surface area contributed by atoms with Crippen LogP contribution in [-0.2, 0) is 4.79 Å². The highest BCUT2D eigenvalue weighted by Crippen LogP contribution is 2.38. The van der Waals surface area contributed by atoms with Gasteiger partial charge in [-0.25, -0.2) is 0 Å². The molecule has 3 aromatic rings. The largest absolute Gasteiger partial charge is 0.497 e. The van der Waals surface area contributed by atoms with Gasteiger partial charge in [0.05, 0.1) is 20.5 Å². The van der Waals surface area contributed by atoms with Crippen LogP contribution in [-0.4, -0.2) is 38.1 Å². The molecule has 2 heterocycles. The first-order valence-electron chi connectivity index (χ1n) is 11.1. The molecule has 0 saturated carbocycles. The maximum absolute atomic E-state index is 13.0. The number of methoxy groups -OCH3 is 2. The number of benzene rings is 2. The molecular weight excluding hydrogens is 402 g/mol. The second-order valence-electron chi connectivity index (χ2n) is 8.94. The summed E-state index contributed by atoms with van der Waals surface area (Å²) in [6, 6.07) is 11.8. The molecule has 1 aliphatic rings. The first-order chi connectivity index (χ1) is 15.4. The summed E-state index contributed by atoms with van der Waals surface area (Å²) in [5, 5.41) is 0.978. The van der Waals surface area contributed by atoms with E-state index < -0.39 is 0 Å². The van der Waals surface area contributed by atoms with Gasteiger partial charge in [-0.2, -0.15) is 0 Å². The molecule has 5 heteroatoms. The van der Waals surface area contributed by atoms with Crippen LogP contribution in [0, 0.1) is 11.8 Å². The van der Waals surface area contributed by atoms with E-state index in [-0.39, 0.29) is 5.91 Å². The SMILES string of the molecule is COc1ccc(-c2coc3cc(OC)c(/C(C)=C/C(=O)N4CC(C)CC(C)C4)cc23)cc1. The summed E-state index contributed by atoms with van der Waals surface area (Å²) in [5.74, 6) is 2.61. The highest BCUT2D eigenvalue weighted by atomic mass is 16.5. The molecule has 0 aliphatic carbocycles. The number of carbonyl (C=O) groups excluding carboxylic acids is 1. The molecular formula is C27H31NO4. The Hall–Kier alpha value is -3.21. The first kappa shape index (κ1) is 22.0. The van der Waals surface area contributed by atoms with E-state index in [2.05, 4.69) is 19.9 Å². The van der Waals surface area contributed by atoms with Crippen molar-refractivity contribution in [1.29, 1.82) is 0 Å². The summed E-state index contributed by atoms with van der Waals surface area (Å²) >= 11 is 0. The molecule has 0 N–H and O–H groups in total. The van der Waals surface area contributed by atoms with E-state index in [0.717, 1.165) is 52.1 Å². The molecule has 0 radical (unpaired) electrons. The first-order valence-corrected chi connectivity index (χ1v) is 11.1. The fraction of sp³-hybridized carbons (Fsp3) is 0.370. The Labute approximate surface area is 189 Å². The van der Waals surface area contributed by atoms with E-state index in [1.807, 2.05) is 42.2 Å². The Kier molecular flexibility index (Phi) is 6.26. The van der Waals surface area contributed by atoms with Crippen LogP contribution in [0.2, 0.25) is 0 Å². The van der Waals surface area contributed by atoms with Gasteiger partial charge in [-0.15, -0.1) is 0 Å². The monoisotopic (exact) mass is 433 g/mol. The lowest BCUT2D eigenvalue weighted by molar-refractivity contribution is -0.128. The molecule has 2 atom stereocenters. The molecule has 0 spiro atoms. The van der Waals surface area contributed by atoms with Gasteiger partial charge in [0.1, 0.15) is 17.1 Å². The molecule has 1 aromatic heterocycles. The van der Waals surface area contributed by atoms with Crippen molar-refractivity contribution in [3.63, 3.8) is 0 Å². The number of likely N-dealkylation sites (tertiary alicyclic amines) is 1. The third-order valence-electron chi connectivity index (χ3n) is 6.24. The molecule has 1 amide bonds. The average molecular weight is 434 g/mol. The number of piperidine rings is 1. The number of rotatable bonds is 5. The molecule has 0 bridgehead atoms. The fourth-order valence-corrected chi connectivity index (χ4v) is 4.72. The minimum absolute atomic E-state index is 0.0608. The smallest absolute Gasteiger partial charge is 0.246 e. The Bertz CT molecular complexity index is 1130. The number of furan rings is 1. The van der Waals surface area contributed by atoms with Crippen molar-refractivity contribution in [2.75, 3.05) is 27.3 Å². The summed E-state index contributed by atoms with van der Waals surface area (Å²) < 4.78 is 16.7. The molecule has 5 nitrogen and oxygen atoms in total. The Morgan fingerprint density at radius 3 is 2.38 bits per heavy atom. The van der Waals surface area contributed by atoms with Crippen molar-refractivity contribution in [3.8, 4) is 22.6 Å². The summed E-state index contributed by atoms with van der Waals surface area (Å²) in [5.41, 5.74) is 4.54. The maximum Gasteiger partial charge on any atom is 0.246 e. The third kappa shape index (κ3) is 4.38. The Balaban J connectivity index is 1.70. The van der Waals surface area contributed by atoms with Gasteiger partial charge < -0.3 is 18.8 Å². The quantitative estimate of drug-likeness (QED) is 0.461. The van der Waals surface area contributed by atoms with Gasteiger partial charge >= 0.3 is 0 Å². The minimum atomic E-state index is 0.0608. The number of ether oxygens (including phenoxy) is 2. The molecule has 1 fully saturated rings. The molecule has 2 aromatic carbocycles. The standard InChI is InChI=1S/C27H31NO4/c1-17-10-18(2)15-28(14-17)27(29)11-19(3)22-12-23-24(16-32-26(23)13-25(22)31-5)20-6-8-21(30-4)9-7-20/h6-9,11-13,16-18H,10,14-15H2,1-5H3/b19-11+. The van der Waals surface area contributed by atoms with Crippen LogP contribution >= 0.6 is 0 Å². The van der Waals surface area contributed by atoms with Crippen LogP contribution < -0.4 is 9.47 Å². The average Bonchev–Trinajstić information content (AvgIpc) is 3.20. The van der Waals surface area contributed by atoms with Gasteiger partial charge in [-0.3, -0.25) is 4.79 Å². The Morgan fingerprint density at radius 2 is 1.75 bits per heavy atom. The number of hydrogen-bond acceptors (Lipinski definition) is 4. The minimum Gasteiger partial charge on any atom is -0.497 e. The van der Waals surface area contributed by atoms with Crippen molar-refractivity contribution in [2.24, 2.45) is 11.8 Å². The Morgan fingerprint density at radius 1 is 1.06 bits per heavy atom. The summed E-state index contributed by atoms with van der Waals surface area (Å²) in [6.07, 6.45) is 4.67. The molecule has 32 heavy (non-hydrogen) atoms. The van der Waals surface area contributed by atoms with Crippen LogP contribution in [0.5, 0.6) is 11.5 Å². The second-order valence-corrected chi connectivity index (χ2v) is 8.94. The van der Waals surface area contributed by atoms with Crippen molar-refractivity contribution >= 4 is 22.4 Å². The zero-order valence-electron chi connectivity index (χ0n) is 19.5. The van der Waals surface area contributed by atoms with Gasteiger partial charge in [0, 0.05) is 41.7 Å². The van der Waals surface area contributed by atoms with E-state index in [1.54, 1.807) is 26.6 Å². The second kappa shape index (κ2) is 9.11. The van der Waals surface area contributed by atoms with Gasteiger partial charge in [-0.1, -0.05) is 26.0 Å². The highest BCUT2D eigenvalue weighted by Gasteiger charge is 2.25. The lowest BCUT2D eigenvalue weighted by Gasteiger charge is -2.34. The normalized spacial score (nSPS) is 19.3. The zero-order chi connectivity index (χ0) is 22.8. The molecule has 1 saturated heterocycles. The maximum atomic E-state index is 13.0. The van der Waals surface area contributed by atoms with Gasteiger partial charge in [0.2, 0.25) is 5.91 Å². The van der Waals surface area contributed by atoms with E-state index in [4.69, 9.17) is 13.9 Å². The lowest BCUT2D eigenvalue weighted by Crippen LogP contribution is -2.41. The van der Waals surface area contributed by atoms with Crippen molar-refractivity contribution in [3.05, 3.63) is 54.3 Å². The molecule has 2 unspecified atom stereocenters. The summed E-state index contributed by atoms with van der Waals surface area (Å²) in [7, 11) is 3.30. The van der Waals surface area contributed by atoms with Crippen molar-refractivity contribution in [2.45, 2.75) is 27.2 Å². The fourth-order valence-electron chi connectivity index (χ4n) is 4.72. The zero-order valence-corrected chi connectivity index (χ0v) is 19.5. The van der Waals surface area contributed by atoms with Crippen LogP contribution in [0.3, 0.4) is 0 Å². The van der Waals surface area contributed by atoms with E-state index in [9.17, 15) is 4.79 Å². The molecule has 168 valence electrons. The van der Waals surface area contributed by atoms with Crippen LogP contribution in [0.25, 0.3) is 27.7 Å². The topological polar surface area (TPSA) is 51.9 Å². The van der Waals surface area contributed by atoms with Gasteiger partial charge in [0.25, 0.3) is 0 Å². The van der Waals surface area contributed by atoms with Crippen LogP contribution in [0.4, 0.5) is 0 Å². The summed E-state index contributed by atoms with van der Waals surface area (Å²) in [4.78, 5) is 15.0. The van der Waals surface area contributed by atoms with Crippen molar-refractivity contribution < 1.29 is 18.7 Å².